The summed E-state index contributed by atoms with van der Waals surface area (Å²) in [6, 6.07) is 1.82. The molecule has 6 heteroatoms. The van der Waals surface area contributed by atoms with Gasteiger partial charge in [-0.15, -0.1) is 0 Å². The largest absolute Gasteiger partial charge is 0.376 e. The first-order valence-electron chi connectivity index (χ1n) is 6.36. The van der Waals surface area contributed by atoms with E-state index in [1.807, 2.05) is 13.0 Å². The van der Waals surface area contributed by atoms with Crippen LogP contribution in [0.15, 0.2) is 18.6 Å². The van der Waals surface area contributed by atoms with Crippen LogP contribution in [0.25, 0.3) is 11.5 Å². The van der Waals surface area contributed by atoms with E-state index in [1.165, 1.54) is 6.33 Å². The first kappa shape index (κ1) is 12.0. The molecule has 2 aromatic heterocycles. The van der Waals surface area contributed by atoms with E-state index in [1.54, 1.807) is 6.20 Å². The van der Waals surface area contributed by atoms with Crippen molar-refractivity contribution in [1.29, 1.82) is 0 Å². The molecule has 1 aliphatic heterocycles. The Labute approximate surface area is 111 Å². The lowest BCUT2D eigenvalue weighted by molar-refractivity contribution is 0.109. The Kier molecular flexibility index (Phi) is 3.33. The Morgan fingerprint density at radius 2 is 2.32 bits per heavy atom. The summed E-state index contributed by atoms with van der Waals surface area (Å²) >= 11 is 0. The van der Waals surface area contributed by atoms with E-state index >= 15 is 0 Å². The third kappa shape index (κ3) is 2.39. The summed E-state index contributed by atoms with van der Waals surface area (Å²) in [7, 11) is 0. The molecule has 19 heavy (non-hydrogen) atoms. The van der Waals surface area contributed by atoms with Gasteiger partial charge in [-0.05, 0) is 13.0 Å². The molecule has 1 N–H and O–H groups in total. The van der Waals surface area contributed by atoms with Gasteiger partial charge >= 0.3 is 0 Å². The second-order valence-electron chi connectivity index (χ2n) is 4.25. The monoisotopic (exact) mass is 257 g/mol. The lowest BCUT2D eigenvalue weighted by atomic mass is 10.1. The number of nitrogens with one attached hydrogen (secondary N) is 1. The Hall–Kier alpha value is -2.08. The van der Waals surface area contributed by atoms with Gasteiger partial charge < -0.3 is 10.1 Å². The molecule has 0 spiro atoms. The van der Waals surface area contributed by atoms with E-state index in [9.17, 15) is 0 Å². The van der Waals surface area contributed by atoms with Gasteiger partial charge in [0, 0.05) is 24.7 Å². The zero-order valence-corrected chi connectivity index (χ0v) is 10.8. The fourth-order valence-electron chi connectivity index (χ4n) is 2.08. The van der Waals surface area contributed by atoms with Crippen LogP contribution in [0, 0.1) is 0 Å². The molecule has 0 aliphatic carbocycles. The molecule has 0 amide bonds. The maximum atomic E-state index is 5.48. The number of rotatable bonds is 3. The molecular weight excluding hydrogens is 242 g/mol. The maximum Gasteiger partial charge on any atom is 0.180 e. The van der Waals surface area contributed by atoms with Crippen LogP contribution < -0.4 is 5.32 Å². The number of aromatic nitrogens is 4. The Balaban J connectivity index is 2.09. The van der Waals surface area contributed by atoms with Crippen molar-refractivity contribution in [2.45, 2.75) is 20.0 Å². The molecule has 2 aromatic rings. The molecule has 0 fully saturated rings. The molecule has 6 nitrogen and oxygen atoms in total. The molecular formula is C13H15N5O. The van der Waals surface area contributed by atoms with Crippen LogP contribution in [0.5, 0.6) is 0 Å². The van der Waals surface area contributed by atoms with Crippen molar-refractivity contribution >= 4 is 5.82 Å². The Morgan fingerprint density at radius 3 is 3.11 bits per heavy atom. The number of fused-ring (bicyclic) bond motifs is 1. The summed E-state index contributed by atoms with van der Waals surface area (Å²) in [5.74, 6) is 1.49. The second-order valence-corrected chi connectivity index (χ2v) is 4.25. The first-order chi connectivity index (χ1) is 9.38. The van der Waals surface area contributed by atoms with Gasteiger partial charge in [0.2, 0.25) is 0 Å². The predicted molar refractivity (Wildman–Crippen MR) is 70.6 cm³/mol. The van der Waals surface area contributed by atoms with E-state index in [-0.39, 0.29) is 0 Å². The van der Waals surface area contributed by atoms with Crippen molar-refractivity contribution in [3.8, 4) is 11.5 Å². The molecule has 0 saturated heterocycles. The molecule has 0 unspecified atom stereocenters. The van der Waals surface area contributed by atoms with Crippen molar-refractivity contribution in [2.24, 2.45) is 0 Å². The van der Waals surface area contributed by atoms with Crippen LogP contribution in [0.2, 0.25) is 0 Å². The fourth-order valence-corrected chi connectivity index (χ4v) is 2.08. The second kappa shape index (κ2) is 5.27. The summed E-state index contributed by atoms with van der Waals surface area (Å²) in [6.45, 7) is 4.13. The first-order valence-corrected chi connectivity index (χ1v) is 6.36. The molecule has 3 rings (SSSR count). The summed E-state index contributed by atoms with van der Waals surface area (Å²) in [6.07, 6.45) is 4.02. The minimum Gasteiger partial charge on any atom is -0.376 e. The van der Waals surface area contributed by atoms with Crippen LogP contribution in [-0.4, -0.2) is 33.1 Å². The standard InChI is InChI=1S/C13H15N5O/c1-2-15-12-9-7-19-6-4-10(9)17-13(18-12)11-3-5-14-8-16-11/h3,5,8H,2,4,6-7H2,1H3,(H,15,17,18). The molecule has 0 atom stereocenters. The quantitative estimate of drug-likeness (QED) is 0.897. The third-order valence-corrected chi connectivity index (χ3v) is 2.98. The molecule has 0 radical (unpaired) electrons. The highest BCUT2D eigenvalue weighted by Gasteiger charge is 2.18. The summed E-state index contributed by atoms with van der Waals surface area (Å²) in [5.41, 5.74) is 2.85. The average Bonchev–Trinajstić information content (AvgIpc) is 2.48. The Bertz CT molecular complexity index is 573. The van der Waals surface area contributed by atoms with Crippen molar-refractivity contribution < 1.29 is 4.74 Å². The van der Waals surface area contributed by atoms with Crippen LogP contribution in [0.4, 0.5) is 5.82 Å². The average molecular weight is 257 g/mol. The minimum atomic E-state index is 0.571. The zero-order valence-electron chi connectivity index (χ0n) is 10.8. The maximum absolute atomic E-state index is 5.48. The lowest BCUT2D eigenvalue weighted by Crippen LogP contribution is -2.17. The van der Waals surface area contributed by atoms with Gasteiger partial charge in [-0.25, -0.2) is 19.9 Å². The van der Waals surface area contributed by atoms with Crippen molar-refractivity contribution in [3.63, 3.8) is 0 Å². The van der Waals surface area contributed by atoms with Crippen LogP contribution >= 0.6 is 0 Å². The predicted octanol–water partition coefficient (Wildman–Crippen LogP) is 1.44. The van der Waals surface area contributed by atoms with Gasteiger partial charge in [0.15, 0.2) is 5.82 Å². The number of anilines is 1. The smallest absolute Gasteiger partial charge is 0.180 e. The van der Waals surface area contributed by atoms with Crippen LogP contribution in [0.1, 0.15) is 18.2 Å². The lowest BCUT2D eigenvalue weighted by Gasteiger charge is -2.19. The van der Waals surface area contributed by atoms with Crippen LogP contribution in [0.3, 0.4) is 0 Å². The summed E-state index contributed by atoms with van der Waals surface area (Å²) < 4.78 is 5.48. The highest BCUT2D eigenvalue weighted by atomic mass is 16.5. The van der Waals surface area contributed by atoms with Gasteiger partial charge in [0.05, 0.1) is 18.9 Å². The molecule has 0 aromatic carbocycles. The molecule has 98 valence electrons. The third-order valence-electron chi connectivity index (χ3n) is 2.98. The zero-order chi connectivity index (χ0) is 13.1. The van der Waals surface area contributed by atoms with Gasteiger partial charge in [-0.3, -0.25) is 0 Å². The van der Waals surface area contributed by atoms with Gasteiger partial charge in [-0.2, -0.15) is 0 Å². The van der Waals surface area contributed by atoms with Crippen molar-refractivity contribution in [1.82, 2.24) is 19.9 Å². The topological polar surface area (TPSA) is 72.8 Å². The van der Waals surface area contributed by atoms with E-state index in [2.05, 4.69) is 25.3 Å². The van der Waals surface area contributed by atoms with Gasteiger partial charge in [0.1, 0.15) is 17.8 Å². The van der Waals surface area contributed by atoms with E-state index in [0.29, 0.717) is 19.0 Å². The SMILES string of the molecule is CCNc1nc(-c2ccncn2)nc2c1COCC2. The van der Waals surface area contributed by atoms with E-state index in [0.717, 1.165) is 35.7 Å². The van der Waals surface area contributed by atoms with Gasteiger partial charge in [-0.1, -0.05) is 0 Å². The number of nitrogens with zero attached hydrogens (tertiary/aromatic N) is 4. The number of ether oxygens (including phenoxy) is 1. The fraction of sp³-hybridized carbons (Fsp3) is 0.385. The van der Waals surface area contributed by atoms with E-state index in [4.69, 9.17) is 4.74 Å². The molecule has 0 saturated carbocycles. The normalized spacial score (nSPS) is 13.9. The van der Waals surface area contributed by atoms with Crippen molar-refractivity contribution in [2.75, 3.05) is 18.5 Å². The molecule has 3 heterocycles. The van der Waals surface area contributed by atoms with E-state index < -0.39 is 0 Å². The molecule has 1 aliphatic rings. The Morgan fingerprint density at radius 1 is 1.37 bits per heavy atom. The van der Waals surface area contributed by atoms with Gasteiger partial charge in [0.25, 0.3) is 0 Å². The number of hydrogen-bond donors (Lipinski definition) is 1. The number of hydrogen-bond acceptors (Lipinski definition) is 6. The summed E-state index contributed by atoms with van der Waals surface area (Å²) in [5, 5.41) is 3.27. The minimum absolute atomic E-state index is 0.571. The highest BCUT2D eigenvalue weighted by Crippen LogP contribution is 2.25. The summed E-state index contributed by atoms with van der Waals surface area (Å²) in [4.78, 5) is 17.3. The molecule has 0 bridgehead atoms. The van der Waals surface area contributed by atoms with Crippen molar-refractivity contribution in [3.05, 3.63) is 29.8 Å². The highest BCUT2D eigenvalue weighted by molar-refractivity contribution is 5.56. The van der Waals surface area contributed by atoms with Crippen LogP contribution in [-0.2, 0) is 17.8 Å².